The third kappa shape index (κ3) is 4.45. The smallest absolute Gasteiger partial charge is 0.339 e. The molecule has 1 aromatic heterocycles. The average Bonchev–Trinajstić information content (AvgIpc) is 2.49. The Morgan fingerprint density at radius 2 is 1.86 bits per heavy atom. The molecule has 21 heavy (non-hydrogen) atoms. The Labute approximate surface area is 121 Å². The molecule has 0 aliphatic heterocycles. The molecule has 0 saturated carbocycles. The highest BCUT2D eigenvalue weighted by atomic mass is 19.1. The summed E-state index contributed by atoms with van der Waals surface area (Å²) in [6.07, 6.45) is 3.32. The zero-order chi connectivity index (χ0) is 15.1. The largest absolute Gasteiger partial charge is 0.493 e. The molecule has 0 saturated heterocycles. The molecule has 1 N–H and O–H groups in total. The minimum atomic E-state index is -1.06. The molecule has 1 aromatic carbocycles. The quantitative estimate of drug-likeness (QED) is 0.794. The van der Waals surface area contributed by atoms with Crippen LogP contribution in [0.1, 0.15) is 16.8 Å². The van der Waals surface area contributed by atoms with Crippen molar-refractivity contribution in [3.05, 3.63) is 54.1 Å². The van der Waals surface area contributed by atoms with E-state index in [9.17, 15) is 9.18 Å². The first-order valence-electron chi connectivity index (χ1n) is 6.35. The van der Waals surface area contributed by atoms with Gasteiger partial charge < -0.3 is 14.6 Å². The molecule has 2 aromatic rings. The second kappa shape index (κ2) is 7.23. The van der Waals surface area contributed by atoms with Crippen LogP contribution in [-0.4, -0.2) is 29.3 Å². The van der Waals surface area contributed by atoms with E-state index in [0.29, 0.717) is 25.4 Å². The topological polar surface area (TPSA) is 68.7 Å². The molecule has 0 bridgehead atoms. The monoisotopic (exact) mass is 291 g/mol. The first-order chi connectivity index (χ1) is 10.2. The van der Waals surface area contributed by atoms with Gasteiger partial charge in [0.2, 0.25) is 0 Å². The van der Waals surface area contributed by atoms with Crippen LogP contribution in [0.5, 0.6) is 11.5 Å². The van der Waals surface area contributed by atoms with E-state index >= 15 is 0 Å². The predicted molar refractivity (Wildman–Crippen MR) is 73.2 cm³/mol. The summed E-state index contributed by atoms with van der Waals surface area (Å²) in [5.74, 6) is -0.575. The van der Waals surface area contributed by atoms with Crippen molar-refractivity contribution in [2.45, 2.75) is 6.42 Å². The van der Waals surface area contributed by atoms with Crippen molar-refractivity contribution < 1.29 is 23.8 Å². The molecule has 0 aliphatic rings. The van der Waals surface area contributed by atoms with Gasteiger partial charge in [0.25, 0.3) is 0 Å². The number of hydrogen-bond donors (Lipinski definition) is 1. The van der Waals surface area contributed by atoms with Crippen LogP contribution in [0.4, 0.5) is 4.39 Å². The first-order valence-corrected chi connectivity index (χ1v) is 6.35. The highest BCUT2D eigenvalue weighted by molar-refractivity contribution is 5.90. The lowest BCUT2D eigenvalue weighted by Crippen LogP contribution is -2.08. The summed E-state index contributed by atoms with van der Waals surface area (Å²) in [6, 6.07) is 7.10. The minimum Gasteiger partial charge on any atom is -0.493 e. The molecule has 0 radical (unpaired) electrons. The third-order valence-electron chi connectivity index (χ3n) is 2.64. The van der Waals surface area contributed by atoms with Crippen molar-refractivity contribution in [3.8, 4) is 11.5 Å². The number of nitrogens with zero attached hydrogens (tertiary/aromatic N) is 1. The maximum absolute atomic E-state index is 12.7. The first kappa shape index (κ1) is 14.8. The number of benzene rings is 1. The summed E-state index contributed by atoms with van der Waals surface area (Å²) in [6.45, 7) is 0.682. The van der Waals surface area contributed by atoms with E-state index in [4.69, 9.17) is 14.6 Å². The summed E-state index contributed by atoms with van der Waals surface area (Å²) >= 11 is 0. The number of carbonyl (C=O) groups is 1. The molecule has 110 valence electrons. The van der Waals surface area contributed by atoms with Crippen LogP contribution in [0.25, 0.3) is 0 Å². The Balaban J connectivity index is 1.75. The van der Waals surface area contributed by atoms with Crippen LogP contribution in [0.3, 0.4) is 0 Å². The Morgan fingerprint density at radius 3 is 2.57 bits per heavy atom. The maximum atomic E-state index is 12.7. The number of halogens is 1. The van der Waals surface area contributed by atoms with E-state index in [1.54, 1.807) is 12.1 Å². The molecule has 6 heteroatoms. The lowest BCUT2D eigenvalue weighted by molar-refractivity contribution is 0.0692. The van der Waals surface area contributed by atoms with Crippen LogP contribution in [-0.2, 0) is 0 Å². The number of carboxylic acid groups (broad SMARTS) is 1. The van der Waals surface area contributed by atoms with E-state index in [0.717, 1.165) is 0 Å². The number of carboxylic acids is 1. The van der Waals surface area contributed by atoms with Crippen molar-refractivity contribution in [1.82, 2.24) is 4.98 Å². The number of ether oxygens (including phenoxy) is 2. The van der Waals surface area contributed by atoms with Gasteiger partial charge in [0.15, 0.2) is 5.75 Å². The molecule has 0 fully saturated rings. The summed E-state index contributed by atoms with van der Waals surface area (Å²) in [5.41, 5.74) is 0.0736. The number of pyridine rings is 1. The summed E-state index contributed by atoms with van der Waals surface area (Å²) in [7, 11) is 0. The normalized spacial score (nSPS) is 10.1. The zero-order valence-corrected chi connectivity index (χ0v) is 11.2. The van der Waals surface area contributed by atoms with Crippen LogP contribution in [0.15, 0.2) is 42.7 Å². The summed E-state index contributed by atoms with van der Waals surface area (Å²) in [5, 5.41) is 8.98. The molecule has 0 spiro atoms. The SMILES string of the molecule is O=C(O)c1ccncc1OCCCOc1ccc(F)cc1. The van der Waals surface area contributed by atoms with Gasteiger partial charge in [-0.15, -0.1) is 0 Å². The second-order valence-electron chi connectivity index (χ2n) is 4.18. The van der Waals surface area contributed by atoms with Gasteiger partial charge in [0, 0.05) is 12.6 Å². The highest BCUT2D eigenvalue weighted by Crippen LogP contribution is 2.16. The molecule has 5 nitrogen and oxygen atoms in total. The fraction of sp³-hybridized carbons (Fsp3) is 0.200. The van der Waals surface area contributed by atoms with Crippen molar-refractivity contribution in [2.75, 3.05) is 13.2 Å². The number of rotatable bonds is 7. The van der Waals surface area contributed by atoms with Crippen LogP contribution < -0.4 is 9.47 Å². The fourth-order valence-corrected chi connectivity index (χ4v) is 1.63. The summed E-state index contributed by atoms with van der Waals surface area (Å²) < 4.78 is 23.5. The van der Waals surface area contributed by atoms with Crippen LogP contribution in [0.2, 0.25) is 0 Å². The lowest BCUT2D eigenvalue weighted by Gasteiger charge is -2.09. The predicted octanol–water partition coefficient (Wildman–Crippen LogP) is 2.77. The second-order valence-corrected chi connectivity index (χ2v) is 4.18. The molecule has 0 amide bonds. The number of hydrogen-bond acceptors (Lipinski definition) is 4. The van der Waals surface area contributed by atoms with Gasteiger partial charge in [-0.25, -0.2) is 9.18 Å². The molecule has 2 rings (SSSR count). The van der Waals surface area contributed by atoms with Gasteiger partial charge >= 0.3 is 5.97 Å². The number of aromatic nitrogens is 1. The van der Waals surface area contributed by atoms with E-state index in [2.05, 4.69) is 4.98 Å². The lowest BCUT2D eigenvalue weighted by atomic mass is 10.2. The highest BCUT2D eigenvalue weighted by Gasteiger charge is 2.10. The molecular weight excluding hydrogens is 277 g/mol. The van der Waals surface area contributed by atoms with E-state index in [1.807, 2.05) is 0 Å². The molecule has 0 unspecified atom stereocenters. The van der Waals surface area contributed by atoms with E-state index < -0.39 is 5.97 Å². The third-order valence-corrected chi connectivity index (χ3v) is 2.64. The molecular formula is C15H14FNO4. The van der Waals surface area contributed by atoms with E-state index in [1.165, 1.54) is 30.6 Å². The van der Waals surface area contributed by atoms with Gasteiger partial charge in [-0.1, -0.05) is 0 Å². The fourth-order valence-electron chi connectivity index (χ4n) is 1.63. The van der Waals surface area contributed by atoms with Gasteiger partial charge in [-0.05, 0) is 30.3 Å². The Hall–Kier alpha value is -2.63. The van der Waals surface area contributed by atoms with Crippen LogP contribution >= 0.6 is 0 Å². The van der Waals surface area contributed by atoms with Gasteiger partial charge in [-0.3, -0.25) is 4.98 Å². The minimum absolute atomic E-state index is 0.0736. The Kier molecular flexibility index (Phi) is 5.09. The van der Waals surface area contributed by atoms with Crippen molar-refractivity contribution in [3.63, 3.8) is 0 Å². The van der Waals surface area contributed by atoms with Crippen molar-refractivity contribution in [2.24, 2.45) is 0 Å². The molecule has 0 aliphatic carbocycles. The maximum Gasteiger partial charge on any atom is 0.339 e. The standard InChI is InChI=1S/C15H14FNO4/c16-11-2-4-12(5-3-11)20-8-1-9-21-14-10-17-7-6-13(14)15(18)19/h2-7,10H,1,8-9H2,(H,18,19). The number of aromatic carboxylic acids is 1. The van der Waals surface area contributed by atoms with Crippen molar-refractivity contribution in [1.29, 1.82) is 0 Å². The molecule has 1 heterocycles. The van der Waals surface area contributed by atoms with E-state index in [-0.39, 0.29) is 17.1 Å². The zero-order valence-electron chi connectivity index (χ0n) is 11.2. The average molecular weight is 291 g/mol. The summed E-state index contributed by atoms with van der Waals surface area (Å²) in [4.78, 5) is 14.8. The Bertz CT molecular complexity index is 601. The van der Waals surface area contributed by atoms with Crippen LogP contribution in [0, 0.1) is 5.82 Å². The Morgan fingerprint density at radius 1 is 1.14 bits per heavy atom. The van der Waals surface area contributed by atoms with Crippen molar-refractivity contribution >= 4 is 5.97 Å². The van der Waals surface area contributed by atoms with Gasteiger partial charge in [-0.2, -0.15) is 0 Å². The van der Waals surface area contributed by atoms with Gasteiger partial charge in [0.05, 0.1) is 19.4 Å². The van der Waals surface area contributed by atoms with Gasteiger partial charge in [0.1, 0.15) is 17.1 Å². The molecule has 0 atom stereocenters.